The summed E-state index contributed by atoms with van der Waals surface area (Å²) < 4.78 is 49.0. The van der Waals surface area contributed by atoms with Gasteiger partial charge in [-0.25, -0.2) is 0 Å². The van der Waals surface area contributed by atoms with Crippen LogP contribution < -0.4 is 0 Å². The van der Waals surface area contributed by atoms with Gasteiger partial charge < -0.3 is 14.1 Å². The van der Waals surface area contributed by atoms with Gasteiger partial charge in [0.1, 0.15) is 6.54 Å². The Morgan fingerprint density at radius 3 is 2.73 bits per heavy atom. The molecule has 1 aliphatic rings. The zero-order valence-electron chi connectivity index (χ0n) is 12.7. The van der Waals surface area contributed by atoms with E-state index in [9.17, 15) is 18.0 Å². The van der Waals surface area contributed by atoms with Gasteiger partial charge in [-0.05, 0) is 24.8 Å². The Balaban J connectivity index is 2.26. The molecule has 1 aromatic heterocycles. The topological polar surface area (TPSA) is 42.7 Å². The summed E-state index contributed by atoms with van der Waals surface area (Å²) in [6.45, 7) is 3.07. The summed E-state index contributed by atoms with van der Waals surface area (Å²) in [6.07, 6.45) is -1.98. The van der Waals surface area contributed by atoms with Crippen molar-refractivity contribution < 1.29 is 27.1 Å². The van der Waals surface area contributed by atoms with Gasteiger partial charge in [0.15, 0.2) is 5.76 Å². The van der Waals surface area contributed by atoms with Crippen LogP contribution in [0.4, 0.5) is 13.2 Å². The summed E-state index contributed by atoms with van der Waals surface area (Å²) in [5, 5.41) is 0. The molecule has 0 spiro atoms. The van der Waals surface area contributed by atoms with Gasteiger partial charge in [0, 0.05) is 12.2 Å². The smallest absolute Gasteiger partial charge is 0.406 e. The fourth-order valence-electron chi connectivity index (χ4n) is 2.61. The van der Waals surface area contributed by atoms with E-state index in [1.165, 1.54) is 6.26 Å². The van der Waals surface area contributed by atoms with E-state index in [1.54, 1.807) is 6.07 Å². The predicted octanol–water partition coefficient (Wildman–Crippen LogP) is 3.59. The lowest BCUT2D eigenvalue weighted by Crippen LogP contribution is -2.49. The maximum Gasteiger partial charge on any atom is 0.406 e. The van der Waals surface area contributed by atoms with Gasteiger partial charge in [0.2, 0.25) is 0 Å². The van der Waals surface area contributed by atoms with Gasteiger partial charge in [0.25, 0.3) is 5.91 Å². The first-order valence-corrected chi connectivity index (χ1v) is 7.32. The van der Waals surface area contributed by atoms with Gasteiger partial charge in [-0.15, -0.1) is 0 Å². The zero-order chi connectivity index (χ0) is 16.3. The lowest BCUT2D eigenvalue weighted by Gasteiger charge is -2.34. The van der Waals surface area contributed by atoms with Crippen molar-refractivity contribution in [1.29, 1.82) is 0 Å². The van der Waals surface area contributed by atoms with Crippen LogP contribution >= 0.6 is 0 Å². The van der Waals surface area contributed by atoms with E-state index in [4.69, 9.17) is 9.15 Å². The molecule has 1 aliphatic heterocycles. The summed E-state index contributed by atoms with van der Waals surface area (Å²) >= 11 is 0. The zero-order valence-corrected chi connectivity index (χ0v) is 12.7. The number of amides is 1. The van der Waals surface area contributed by atoms with E-state index >= 15 is 0 Å². The highest BCUT2D eigenvalue weighted by atomic mass is 19.4. The lowest BCUT2D eigenvalue weighted by atomic mass is 10.0. The monoisotopic (exact) mass is 319 g/mol. The minimum atomic E-state index is -4.46. The highest BCUT2D eigenvalue weighted by Crippen LogP contribution is 2.27. The Hall–Kier alpha value is -1.50. The standard InChI is InChI=1S/C15H20F3NO3/c1-10(2)12-5-7-22-13(12)14(20)19(9-15(16,17)18)11-4-3-6-21-8-11/h5,7,10-11H,3-4,6,8-9H2,1-2H3. The minimum Gasteiger partial charge on any atom is -0.459 e. The van der Waals surface area contributed by atoms with Crippen molar-refractivity contribution in [2.24, 2.45) is 0 Å². The van der Waals surface area contributed by atoms with Crippen LogP contribution in [0.25, 0.3) is 0 Å². The number of furan rings is 1. The predicted molar refractivity (Wildman–Crippen MR) is 73.7 cm³/mol. The van der Waals surface area contributed by atoms with Crippen molar-refractivity contribution in [2.45, 2.75) is 44.8 Å². The van der Waals surface area contributed by atoms with Crippen LogP contribution in [0, 0.1) is 0 Å². The number of hydrogen-bond donors (Lipinski definition) is 0. The molecule has 0 aliphatic carbocycles. The van der Waals surface area contributed by atoms with Crippen molar-refractivity contribution in [3.05, 3.63) is 23.7 Å². The van der Waals surface area contributed by atoms with Crippen molar-refractivity contribution in [3.8, 4) is 0 Å². The molecule has 1 atom stereocenters. The molecule has 0 bridgehead atoms. The normalized spacial score (nSPS) is 19.5. The molecular formula is C15H20F3NO3. The first-order valence-electron chi connectivity index (χ1n) is 7.32. The number of rotatable bonds is 4. The number of hydrogen-bond acceptors (Lipinski definition) is 3. The number of alkyl halides is 3. The van der Waals surface area contributed by atoms with Gasteiger partial charge in [-0.1, -0.05) is 13.8 Å². The maximum atomic E-state index is 12.9. The third kappa shape index (κ3) is 4.03. The Kier molecular flexibility index (Phi) is 5.16. The summed E-state index contributed by atoms with van der Waals surface area (Å²) in [6, 6.07) is 1.05. The van der Waals surface area contributed by atoms with Crippen molar-refractivity contribution in [3.63, 3.8) is 0 Å². The lowest BCUT2D eigenvalue weighted by molar-refractivity contribution is -0.149. The highest BCUT2D eigenvalue weighted by molar-refractivity contribution is 5.93. The van der Waals surface area contributed by atoms with E-state index in [1.807, 2.05) is 13.8 Å². The Morgan fingerprint density at radius 1 is 1.45 bits per heavy atom. The number of nitrogens with zero attached hydrogens (tertiary/aromatic N) is 1. The number of carbonyl (C=O) groups excluding carboxylic acids is 1. The van der Waals surface area contributed by atoms with Crippen molar-refractivity contribution in [2.75, 3.05) is 19.8 Å². The second-order valence-electron chi connectivity index (χ2n) is 5.78. The fourth-order valence-corrected chi connectivity index (χ4v) is 2.61. The number of carbonyl (C=O) groups is 1. The Labute approximate surface area is 127 Å². The summed E-state index contributed by atoms with van der Waals surface area (Å²) in [4.78, 5) is 13.4. The van der Waals surface area contributed by atoms with Gasteiger partial charge in [-0.2, -0.15) is 13.2 Å². The molecule has 1 saturated heterocycles. The molecule has 1 unspecified atom stereocenters. The summed E-state index contributed by atoms with van der Waals surface area (Å²) in [7, 11) is 0. The third-order valence-corrected chi connectivity index (χ3v) is 3.70. The average molecular weight is 319 g/mol. The van der Waals surface area contributed by atoms with Crippen LogP contribution in [0.3, 0.4) is 0 Å². The number of ether oxygens (including phenoxy) is 1. The second kappa shape index (κ2) is 6.73. The average Bonchev–Trinajstić information content (AvgIpc) is 2.93. The van der Waals surface area contributed by atoms with E-state index in [0.717, 1.165) is 4.90 Å². The van der Waals surface area contributed by atoms with Gasteiger partial charge in [-0.3, -0.25) is 4.79 Å². The first-order chi connectivity index (χ1) is 10.3. The number of halogens is 3. The molecule has 0 N–H and O–H groups in total. The van der Waals surface area contributed by atoms with E-state index in [2.05, 4.69) is 0 Å². The molecule has 0 aromatic carbocycles. The molecule has 7 heteroatoms. The highest BCUT2D eigenvalue weighted by Gasteiger charge is 2.39. The third-order valence-electron chi connectivity index (χ3n) is 3.70. The minimum absolute atomic E-state index is 0.00644. The largest absolute Gasteiger partial charge is 0.459 e. The Morgan fingerprint density at radius 2 is 2.18 bits per heavy atom. The molecule has 2 rings (SSSR count). The molecule has 0 radical (unpaired) electrons. The second-order valence-corrected chi connectivity index (χ2v) is 5.78. The Bertz CT molecular complexity index is 504. The van der Waals surface area contributed by atoms with E-state index in [-0.39, 0.29) is 18.3 Å². The first kappa shape index (κ1) is 16.9. The van der Waals surface area contributed by atoms with Crippen LogP contribution in [-0.4, -0.2) is 42.8 Å². The SMILES string of the molecule is CC(C)c1ccoc1C(=O)N(CC(F)(F)F)C1CCCOC1. The molecule has 0 saturated carbocycles. The van der Waals surface area contributed by atoms with Crippen LogP contribution in [0.15, 0.2) is 16.7 Å². The molecule has 22 heavy (non-hydrogen) atoms. The molecule has 1 amide bonds. The van der Waals surface area contributed by atoms with Gasteiger partial charge in [0.05, 0.1) is 18.9 Å². The van der Waals surface area contributed by atoms with Crippen LogP contribution in [0.5, 0.6) is 0 Å². The quantitative estimate of drug-likeness (QED) is 0.852. The van der Waals surface area contributed by atoms with Crippen LogP contribution in [0.2, 0.25) is 0 Å². The summed E-state index contributed by atoms with van der Waals surface area (Å²) in [5.74, 6) is -0.737. The molecular weight excluding hydrogens is 299 g/mol. The van der Waals surface area contributed by atoms with Gasteiger partial charge >= 0.3 is 6.18 Å². The fraction of sp³-hybridized carbons (Fsp3) is 0.667. The molecule has 1 fully saturated rings. The molecule has 2 heterocycles. The summed E-state index contributed by atoms with van der Waals surface area (Å²) in [5.41, 5.74) is 0.619. The van der Waals surface area contributed by atoms with Crippen LogP contribution in [0.1, 0.15) is 48.7 Å². The van der Waals surface area contributed by atoms with Crippen molar-refractivity contribution in [1.82, 2.24) is 4.90 Å². The van der Waals surface area contributed by atoms with E-state index in [0.29, 0.717) is 25.0 Å². The van der Waals surface area contributed by atoms with E-state index < -0.39 is 24.7 Å². The molecule has 1 aromatic rings. The molecule has 124 valence electrons. The van der Waals surface area contributed by atoms with Crippen LogP contribution in [-0.2, 0) is 4.74 Å². The molecule has 4 nitrogen and oxygen atoms in total. The maximum absolute atomic E-state index is 12.9. The van der Waals surface area contributed by atoms with Crippen molar-refractivity contribution >= 4 is 5.91 Å².